The Kier molecular flexibility index (Phi) is 3.68. The van der Waals surface area contributed by atoms with Crippen LogP contribution in [0.15, 0.2) is 30.7 Å². The first-order valence-corrected chi connectivity index (χ1v) is 5.45. The van der Waals surface area contributed by atoms with Crippen LogP contribution in [-0.4, -0.2) is 20.1 Å². The lowest BCUT2D eigenvalue weighted by Crippen LogP contribution is -2.10. The van der Waals surface area contributed by atoms with Crippen molar-refractivity contribution in [3.8, 4) is 0 Å². The van der Waals surface area contributed by atoms with Crippen molar-refractivity contribution < 1.29 is 18.3 Å². The average Bonchev–Trinajstić information content (AvgIpc) is 2.38. The van der Waals surface area contributed by atoms with E-state index in [1.54, 1.807) is 0 Å². The molecule has 2 aromatic heterocycles. The van der Waals surface area contributed by atoms with Gasteiger partial charge in [0.15, 0.2) is 0 Å². The number of aliphatic hydroxyl groups excluding tert-OH is 1. The van der Waals surface area contributed by atoms with Crippen LogP contribution >= 0.6 is 11.6 Å². The highest BCUT2D eigenvalue weighted by atomic mass is 35.5. The topological polar surface area (TPSA) is 58.9 Å². The molecular weight excluding hydrogens is 283 g/mol. The minimum atomic E-state index is -4.58. The summed E-state index contributed by atoms with van der Waals surface area (Å²) in [5, 5.41) is 9.54. The lowest BCUT2D eigenvalue weighted by Gasteiger charge is -2.13. The Balaban J connectivity index is 2.37. The highest BCUT2D eigenvalue weighted by molar-refractivity contribution is 6.30. The molecule has 0 aliphatic heterocycles. The Morgan fingerprint density at radius 1 is 1.21 bits per heavy atom. The van der Waals surface area contributed by atoms with Gasteiger partial charge in [0.2, 0.25) is 0 Å². The van der Waals surface area contributed by atoms with Crippen molar-refractivity contribution in [2.75, 3.05) is 0 Å². The van der Waals surface area contributed by atoms with Gasteiger partial charge in [-0.05, 0) is 6.07 Å². The first kappa shape index (κ1) is 13.7. The Morgan fingerprint density at radius 2 is 1.95 bits per heavy atom. The molecule has 0 spiro atoms. The lowest BCUT2D eigenvalue weighted by atomic mass is 10.1. The third kappa shape index (κ3) is 2.99. The van der Waals surface area contributed by atoms with E-state index in [0.717, 1.165) is 12.1 Å². The third-order valence-corrected chi connectivity index (χ3v) is 2.63. The molecule has 4 nitrogen and oxygen atoms in total. The van der Waals surface area contributed by atoms with Crippen LogP contribution in [0.25, 0.3) is 0 Å². The van der Waals surface area contributed by atoms with Gasteiger partial charge in [0, 0.05) is 18.0 Å². The summed E-state index contributed by atoms with van der Waals surface area (Å²) in [5.41, 5.74) is -0.909. The maximum atomic E-state index is 12.4. The molecule has 2 heterocycles. The van der Waals surface area contributed by atoms with Crippen molar-refractivity contribution in [1.29, 1.82) is 0 Å². The maximum absolute atomic E-state index is 12.4. The highest BCUT2D eigenvalue weighted by Gasteiger charge is 2.33. The second-order valence-electron chi connectivity index (χ2n) is 3.61. The number of pyridine rings is 1. The molecule has 0 saturated carbocycles. The van der Waals surface area contributed by atoms with Gasteiger partial charge >= 0.3 is 6.18 Å². The van der Waals surface area contributed by atoms with Crippen LogP contribution in [0.5, 0.6) is 0 Å². The molecule has 0 radical (unpaired) electrons. The van der Waals surface area contributed by atoms with Crippen molar-refractivity contribution in [2.45, 2.75) is 12.3 Å². The van der Waals surface area contributed by atoms with Crippen LogP contribution in [0.3, 0.4) is 0 Å². The van der Waals surface area contributed by atoms with E-state index in [1.165, 1.54) is 18.6 Å². The number of aliphatic hydroxyl groups is 1. The fraction of sp³-hybridized carbons (Fsp3) is 0.182. The molecule has 2 rings (SSSR count). The third-order valence-electron chi connectivity index (χ3n) is 2.33. The summed E-state index contributed by atoms with van der Waals surface area (Å²) in [5.74, 6) is 0. The minimum Gasteiger partial charge on any atom is -0.382 e. The van der Waals surface area contributed by atoms with Crippen molar-refractivity contribution in [3.63, 3.8) is 0 Å². The molecule has 0 aliphatic rings. The first-order chi connectivity index (χ1) is 8.89. The zero-order chi connectivity index (χ0) is 14.0. The summed E-state index contributed by atoms with van der Waals surface area (Å²) >= 11 is 5.66. The fourth-order valence-electron chi connectivity index (χ4n) is 1.42. The molecule has 1 atom stereocenters. The largest absolute Gasteiger partial charge is 0.433 e. The fourth-order valence-corrected chi connectivity index (χ4v) is 1.68. The van der Waals surface area contributed by atoms with E-state index in [2.05, 4.69) is 15.0 Å². The summed E-state index contributed by atoms with van der Waals surface area (Å²) in [6.07, 6.45) is -1.82. The van der Waals surface area contributed by atoms with Gasteiger partial charge in [-0.3, -0.25) is 9.97 Å². The Morgan fingerprint density at radius 3 is 2.47 bits per heavy atom. The molecule has 8 heteroatoms. The molecule has 100 valence electrons. The van der Waals surface area contributed by atoms with E-state index in [1.807, 2.05) is 0 Å². The number of rotatable bonds is 2. The van der Waals surface area contributed by atoms with E-state index in [4.69, 9.17) is 11.6 Å². The Hall–Kier alpha value is -1.73. The maximum Gasteiger partial charge on any atom is 0.433 e. The van der Waals surface area contributed by atoms with Crippen LogP contribution < -0.4 is 0 Å². The summed E-state index contributed by atoms with van der Waals surface area (Å²) in [7, 11) is 0. The molecule has 0 amide bonds. The second kappa shape index (κ2) is 5.10. The number of aromatic nitrogens is 3. The van der Waals surface area contributed by atoms with Crippen molar-refractivity contribution in [1.82, 2.24) is 15.0 Å². The van der Waals surface area contributed by atoms with Crippen LogP contribution in [0, 0.1) is 0 Å². The number of hydrogen-bond acceptors (Lipinski definition) is 4. The van der Waals surface area contributed by atoms with Gasteiger partial charge in [0.1, 0.15) is 17.0 Å². The van der Waals surface area contributed by atoms with E-state index < -0.39 is 23.1 Å². The first-order valence-electron chi connectivity index (χ1n) is 5.07. The number of nitrogens with zero attached hydrogens (tertiary/aromatic N) is 3. The van der Waals surface area contributed by atoms with Crippen molar-refractivity contribution >= 4 is 11.6 Å². The minimum absolute atomic E-state index is 0.0372. The average molecular weight is 290 g/mol. The van der Waals surface area contributed by atoms with E-state index in [9.17, 15) is 18.3 Å². The zero-order valence-electron chi connectivity index (χ0n) is 9.26. The molecule has 0 saturated heterocycles. The smallest absolute Gasteiger partial charge is 0.382 e. The molecule has 0 aromatic carbocycles. The molecular formula is C11H7ClF3N3O. The van der Waals surface area contributed by atoms with Crippen molar-refractivity contribution in [3.05, 3.63) is 52.8 Å². The van der Waals surface area contributed by atoms with E-state index >= 15 is 0 Å². The predicted octanol–water partition coefficient (Wildman–Crippen LogP) is 2.63. The monoisotopic (exact) mass is 289 g/mol. The van der Waals surface area contributed by atoms with Gasteiger partial charge in [-0.2, -0.15) is 13.2 Å². The van der Waals surface area contributed by atoms with Gasteiger partial charge in [0.25, 0.3) is 0 Å². The van der Waals surface area contributed by atoms with Gasteiger partial charge in [0.05, 0.1) is 11.9 Å². The summed E-state index contributed by atoms with van der Waals surface area (Å²) < 4.78 is 37.3. The van der Waals surface area contributed by atoms with E-state index in [-0.39, 0.29) is 11.3 Å². The molecule has 2 aromatic rings. The van der Waals surface area contributed by atoms with Crippen LogP contribution in [-0.2, 0) is 6.18 Å². The molecule has 19 heavy (non-hydrogen) atoms. The Labute approximate surface area is 110 Å². The van der Waals surface area contributed by atoms with Gasteiger partial charge < -0.3 is 5.11 Å². The number of hydrogen-bond donors (Lipinski definition) is 1. The molecule has 1 unspecified atom stereocenters. The molecule has 0 aliphatic carbocycles. The van der Waals surface area contributed by atoms with E-state index in [0.29, 0.717) is 0 Å². The highest BCUT2D eigenvalue weighted by Crippen LogP contribution is 2.32. The lowest BCUT2D eigenvalue weighted by molar-refractivity contribution is -0.141. The van der Waals surface area contributed by atoms with Crippen LogP contribution in [0.2, 0.25) is 5.15 Å². The summed E-state index contributed by atoms with van der Waals surface area (Å²) in [4.78, 5) is 10.8. The predicted molar refractivity (Wildman–Crippen MR) is 60.3 cm³/mol. The van der Waals surface area contributed by atoms with Gasteiger partial charge in [-0.25, -0.2) is 4.98 Å². The van der Waals surface area contributed by atoms with Gasteiger partial charge in [-0.1, -0.05) is 17.7 Å². The normalized spacial score (nSPS) is 13.3. The standard InChI is InChI=1S/C11H7ClF3N3O/c12-10-6(1-2-8(18-10)11(13,14)15)9(19)7-5-16-3-4-17-7/h1-5,9,19H. The Bertz CT molecular complexity index is 577. The van der Waals surface area contributed by atoms with Crippen molar-refractivity contribution in [2.24, 2.45) is 0 Å². The van der Waals surface area contributed by atoms with Crippen LogP contribution in [0.4, 0.5) is 13.2 Å². The molecule has 1 N–H and O–H groups in total. The summed E-state index contributed by atoms with van der Waals surface area (Å²) in [6, 6.07) is 1.82. The summed E-state index contributed by atoms with van der Waals surface area (Å²) in [6.45, 7) is 0. The number of alkyl halides is 3. The number of halogens is 4. The quantitative estimate of drug-likeness (QED) is 0.864. The van der Waals surface area contributed by atoms with Gasteiger partial charge in [-0.15, -0.1) is 0 Å². The zero-order valence-corrected chi connectivity index (χ0v) is 10.0. The SMILES string of the molecule is OC(c1cnccn1)c1ccc(C(F)(F)F)nc1Cl. The molecule has 0 bridgehead atoms. The molecule has 0 fully saturated rings. The van der Waals surface area contributed by atoms with Crippen LogP contribution in [0.1, 0.15) is 23.1 Å². The second-order valence-corrected chi connectivity index (χ2v) is 3.97.